The summed E-state index contributed by atoms with van der Waals surface area (Å²) in [6.07, 6.45) is -0.0652. The molecule has 1 unspecified atom stereocenters. The van der Waals surface area contributed by atoms with Crippen LogP contribution >= 0.6 is 0 Å². The van der Waals surface area contributed by atoms with Gasteiger partial charge >= 0.3 is 0 Å². The molecule has 138 valence electrons. The van der Waals surface area contributed by atoms with Gasteiger partial charge in [0, 0.05) is 30.8 Å². The summed E-state index contributed by atoms with van der Waals surface area (Å²) in [5, 5.41) is 10.2. The van der Waals surface area contributed by atoms with Crippen LogP contribution in [0.1, 0.15) is 50.8 Å². The topological polar surface area (TPSA) is 77.9 Å². The number of imide groups is 1. The Morgan fingerprint density at radius 3 is 2.44 bits per heavy atom. The third-order valence-electron chi connectivity index (χ3n) is 5.19. The quantitative estimate of drug-likeness (QED) is 0.849. The van der Waals surface area contributed by atoms with Crippen molar-refractivity contribution in [2.75, 3.05) is 18.0 Å². The van der Waals surface area contributed by atoms with Gasteiger partial charge in [0.25, 0.3) is 11.8 Å². The van der Waals surface area contributed by atoms with Gasteiger partial charge in [0.05, 0.1) is 17.2 Å². The molecular weight excluding hydrogens is 344 g/mol. The van der Waals surface area contributed by atoms with Gasteiger partial charge in [-0.2, -0.15) is 0 Å². The average Bonchev–Trinajstić information content (AvgIpc) is 2.91. The number of fused-ring (bicyclic) bond motifs is 2. The zero-order valence-electron chi connectivity index (χ0n) is 15.0. The van der Waals surface area contributed by atoms with E-state index in [0.717, 1.165) is 16.0 Å². The lowest BCUT2D eigenvalue weighted by Gasteiger charge is -2.33. The SMILES string of the molecule is Cc1ccc2c(c1)C(O)CCN2C(=O)CCN1C(=O)c2ccccc2C1=O. The third kappa shape index (κ3) is 2.92. The molecule has 6 heteroatoms. The van der Waals surface area contributed by atoms with Crippen LogP contribution in [0.5, 0.6) is 0 Å². The van der Waals surface area contributed by atoms with Crippen molar-refractivity contribution in [2.24, 2.45) is 0 Å². The molecule has 0 radical (unpaired) electrons. The van der Waals surface area contributed by atoms with Crippen LogP contribution in [0.3, 0.4) is 0 Å². The second-order valence-corrected chi connectivity index (χ2v) is 6.97. The maximum atomic E-state index is 12.8. The number of hydrogen-bond acceptors (Lipinski definition) is 4. The van der Waals surface area contributed by atoms with Crippen molar-refractivity contribution in [3.05, 3.63) is 64.7 Å². The molecule has 2 aromatic carbocycles. The summed E-state index contributed by atoms with van der Waals surface area (Å²) in [5.41, 5.74) is 3.24. The molecule has 3 amide bonds. The van der Waals surface area contributed by atoms with E-state index in [2.05, 4.69) is 0 Å². The van der Waals surface area contributed by atoms with Gasteiger partial charge in [0.2, 0.25) is 5.91 Å². The van der Waals surface area contributed by atoms with E-state index < -0.39 is 6.10 Å². The molecule has 0 saturated carbocycles. The second-order valence-electron chi connectivity index (χ2n) is 6.97. The second kappa shape index (κ2) is 6.63. The minimum absolute atomic E-state index is 0.0471. The predicted molar refractivity (Wildman–Crippen MR) is 99.5 cm³/mol. The van der Waals surface area contributed by atoms with Gasteiger partial charge in [-0.25, -0.2) is 0 Å². The van der Waals surface area contributed by atoms with Gasteiger partial charge in [-0.3, -0.25) is 19.3 Å². The molecule has 1 N–H and O–H groups in total. The van der Waals surface area contributed by atoms with Gasteiger partial charge in [0.1, 0.15) is 0 Å². The molecule has 2 aromatic rings. The highest BCUT2D eigenvalue weighted by atomic mass is 16.3. The number of carbonyl (C=O) groups excluding carboxylic acids is 3. The van der Waals surface area contributed by atoms with E-state index in [0.29, 0.717) is 29.8 Å². The lowest BCUT2D eigenvalue weighted by molar-refractivity contribution is -0.118. The Bertz CT molecular complexity index is 918. The van der Waals surface area contributed by atoms with Crippen LogP contribution < -0.4 is 4.90 Å². The van der Waals surface area contributed by atoms with Crippen LogP contribution in [-0.4, -0.2) is 40.8 Å². The summed E-state index contributed by atoms with van der Waals surface area (Å²) in [4.78, 5) is 40.4. The van der Waals surface area contributed by atoms with Crippen molar-refractivity contribution in [2.45, 2.75) is 25.9 Å². The number of amides is 3. The molecule has 0 aliphatic carbocycles. The Hall–Kier alpha value is -2.99. The molecule has 27 heavy (non-hydrogen) atoms. The number of benzene rings is 2. The largest absolute Gasteiger partial charge is 0.388 e. The van der Waals surface area contributed by atoms with Crippen molar-refractivity contribution >= 4 is 23.4 Å². The standard InChI is InChI=1S/C21H20N2O4/c1-13-6-7-17-16(12-13)18(24)8-10-22(17)19(25)9-11-23-20(26)14-4-2-3-5-15(14)21(23)27/h2-7,12,18,24H,8-11H2,1H3. The monoisotopic (exact) mass is 364 g/mol. The van der Waals surface area contributed by atoms with E-state index >= 15 is 0 Å². The van der Waals surface area contributed by atoms with Gasteiger partial charge in [-0.05, 0) is 31.5 Å². The van der Waals surface area contributed by atoms with E-state index in [1.165, 1.54) is 0 Å². The van der Waals surface area contributed by atoms with Crippen molar-refractivity contribution in [3.63, 3.8) is 0 Å². The molecule has 6 nitrogen and oxygen atoms in total. The van der Waals surface area contributed by atoms with Crippen molar-refractivity contribution in [3.8, 4) is 0 Å². The Balaban J connectivity index is 1.49. The first-order valence-electron chi connectivity index (χ1n) is 9.01. The number of hydrogen-bond donors (Lipinski definition) is 1. The molecule has 0 fully saturated rings. The summed E-state index contributed by atoms with van der Waals surface area (Å²) in [6, 6.07) is 12.3. The molecule has 0 bridgehead atoms. The van der Waals surface area contributed by atoms with Crippen LogP contribution in [0.4, 0.5) is 5.69 Å². The minimum atomic E-state index is -0.583. The molecule has 1 atom stereocenters. The van der Waals surface area contributed by atoms with E-state index in [9.17, 15) is 19.5 Å². The first-order chi connectivity index (χ1) is 13.0. The fraction of sp³-hybridized carbons (Fsp3) is 0.286. The zero-order valence-corrected chi connectivity index (χ0v) is 15.0. The van der Waals surface area contributed by atoms with Gasteiger partial charge in [-0.1, -0.05) is 29.8 Å². The van der Waals surface area contributed by atoms with Crippen LogP contribution in [0.25, 0.3) is 0 Å². The fourth-order valence-corrected chi connectivity index (χ4v) is 3.76. The molecule has 0 spiro atoms. The summed E-state index contributed by atoms with van der Waals surface area (Å²) in [7, 11) is 0. The van der Waals surface area contributed by atoms with Crippen molar-refractivity contribution in [1.29, 1.82) is 0 Å². The smallest absolute Gasteiger partial charge is 0.261 e. The van der Waals surface area contributed by atoms with Gasteiger partial charge in [-0.15, -0.1) is 0 Å². The van der Waals surface area contributed by atoms with Crippen LogP contribution in [0.2, 0.25) is 0 Å². The van der Waals surface area contributed by atoms with Crippen molar-refractivity contribution in [1.82, 2.24) is 4.90 Å². The molecule has 0 saturated heterocycles. The number of carbonyl (C=O) groups is 3. The Kier molecular flexibility index (Phi) is 4.28. The number of aliphatic hydroxyl groups excluding tert-OH is 1. The van der Waals surface area contributed by atoms with Crippen LogP contribution in [0, 0.1) is 6.92 Å². The van der Waals surface area contributed by atoms with Gasteiger partial charge in [0.15, 0.2) is 0 Å². The predicted octanol–water partition coefficient (Wildman–Crippen LogP) is 2.45. The van der Waals surface area contributed by atoms with E-state index in [1.807, 2.05) is 25.1 Å². The lowest BCUT2D eigenvalue weighted by atomic mass is 9.96. The average molecular weight is 364 g/mol. The number of anilines is 1. The fourth-order valence-electron chi connectivity index (χ4n) is 3.76. The molecule has 2 aliphatic heterocycles. The van der Waals surface area contributed by atoms with Crippen LogP contribution in [-0.2, 0) is 4.79 Å². The molecule has 4 rings (SSSR count). The maximum absolute atomic E-state index is 12.8. The number of aliphatic hydroxyl groups is 1. The highest BCUT2D eigenvalue weighted by Crippen LogP contribution is 2.34. The Morgan fingerprint density at radius 1 is 1.11 bits per heavy atom. The van der Waals surface area contributed by atoms with Crippen molar-refractivity contribution < 1.29 is 19.5 Å². The zero-order chi connectivity index (χ0) is 19.1. The number of rotatable bonds is 3. The van der Waals surface area contributed by atoms with Gasteiger partial charge < -0.3 is 10.0 Å². The number of aryl methyl sites for hydroxylation is 1. The molecule has 0 aromatic heterocycles. The summed E-state index contributed by atoms with van der Waals surface area (Å²) in [5.74, 6) is -0.870. The van der Waals surface area contributed by atoms with E-state index in [-0.39, 0.29) is 30.7 Å². The number of nitrogens with zero attached hydrogens (tertiary/aromatic N) is 2. The lowest BCUT2D eigenvalue weighted by Crippen LogP contribution is -2.39. The van der Waals surface area contributed by atoms with E-state index in [4.69, 9.17) is 0 Å². The molecule has 2 heterocycles. The third-order valence-corrected chi connectivity index (χ3v) is 5.19. The Morgan fingerprint density at radius 2 is 1.78 bits per heavy atom. The molecule has 2 aliphatic rings. The van der Waals surface area contributed by atoms with Crippen LogP contribution in [0.15, 0.2) is 42.5 Å². The summed E-state index contributed by atoms with van der Waals surface area (Å²) in [6.45, 7) is 2.40. The first-order valence-corrected chi connectivity index (χ1v) is 9.01. The summed E-state index contributed by atoms with van der Waals surface area (Å²) < 4.78 is 0. The highest BCUT2D eigenvalue weighted by molar-refractivity contribution is 6.21. The van der Waals surface area contributed by atoms with E-state index in [1.54, 1.807) is 29.2 Å². The Labute approximate surface area is 157 Å². The maximum Gasteiger partial charge on any atom is 0.261 e. The first kappa shape index (κ1) is 17.4. The molecular formula is C21H20N2O4. The highest BCUT2D eigenvalue weighted by Gasteiger charge is 2.36. The normalized spacial score (nSPS) is 18.5. The minimum Gasteiger partial charge on any atom is -0.388 e. The summed E-state index contributed by atoms with van der Waals surface area (Å²) >= 11 is 0.